The predicted octanol–water partition coefficient (Wildman–Crippen LogP) is 3.96. The lowest BCUT2D eigenvalue weighted by molar-refractivity contribution is 0.104. The minimum atomic E-state index is -0.116. The number of hydrogen-bond donors (Lipinski definition) is 1. The van der Waals surface area contributed by atoms with E-state index in [1.807, 2.05) is 30.3 Å². The number of nitriles is 1. The van der Waals surface area contributed by atoms with Gasteiger partial charge < -0.3 is 5.73 Å². The summed E-state index contributed by atoms with van der Waals surface area (Å²) in [5.74, 6) is 0.337. The van der Waals surface area contributed by atoms with Crippen LogP contribution in [-0.4, -0.2) is 15.8 Å². The van der Waals surface area contributed by atoms with Crippen LogP contribution in [0.15, 0.2) is 60.7 Å². The van der Waals surface area contributed by atoms with Gasteiger partial charge in [-0.1, -0.05) is 36.4 Å². The summed E-state index contributed by atoms with van der Waals surface area (Å²) >= 11 is 0. The van der Waals surface area contributed by atoms with E-state index in [4.69, 9.17) is 10.7 Å². The predicted molar refractivity (Wildman–Crippen MR) is 103 cm³/mol. The highest BCUT2D eigenvalue weighted by molar-refractivity contribution is 6.27. The van der Waals surface area contributed by atoms with Gasteiger partial charge in [0.05, 0.1) is 28.4 Å². The molecule has 5 rings (SSSR count). The Morgan fingerprint density at radius 1 is 0.852 bits per heavy atom. The molecular weight excluding hydrogens is 336 g/mol. The standard InChI is InChI=1S/C22H12N4O/c23-11-12-5-1-2-6-13(12)22-25-17-10-9-16(24)18-19(17)20(26-22)14-7-3-4-8-15(14)21(18)27/h1-10H,24H2. The van der Waals surface area contributed by atoms with E-state index in [1.54, 1.807) is 30.3 Å². The molecule has 0 saturated carbocycles. The molecule has 5 heteroatoms. The van der Waals surface area contributed by atoms with Crippen LogP contribution in [0.25, 0.3) is 33.5 Å². The van der Waals surface area contributed by atoms with E-state index in [0.29, 0.717) is 50.4 Å². The van der Waals surface area contributed by atoms with E-state index in [9.17, 15) is 10.1 Å². The van der Waals surface area contributed by atoms with Gasteiger partial charge in [0.2, 0.25) is 0 Å². The average Bonchev–Trinajstić information content (AvgIpc) is 2.72. The molecule has 0 atom stereocenters. The van der Waals surface area contributed by atoms with Crippen LogP contribution < -0.4 is 5.73 Å². The number of anilines is 1. The molecule has 126 valence electrons. The first kappa shape index (κ1) is 15.2. The first-order valence-corrected chi connectivity index (χ1v) is 8.43. The Balaban J connectivity index is 1.94. The summed E-state index contributed by atoms with van der Waals surface area (Å²) in [6.07, 6.45) is 0. The zero-order chi connectivity index (χ0) is 18.5. The van der Waals surface area contributed by atoms with Crippen LogP contribution in [0.1, 0.15) is 21.5 Å². The molecule has 5 nitrogen and oxygen atoms in total. The van der Waals surface area contributed by atoms with Gasteiger partial charge in [-0.2, -0.15) is 5.26 Å². The largest absolute Gasteiger partial charge is 0.398 e. The highest BCUT2D eigenvalue weighted by Crippen LogP contribution is 2.40. The molecule has 0 saturated heterocycles. The molecule has 0 bridgehead atoms. The second-order valence-corrected chi connectivity index (χ2v) is 6.35. The van der Waals surface area contributed by atoms with Crippen molar-refractivity contribution in [1.29, 1.82) is 5.26 Å². The number of carbonyl (C=O) groups is 1. The number of carbonyl (C=O) groups excluding carboxylic acids is 1. The highest BCUT2D eigenvalue weighted by atomic mass is 16.1. The van der Waals surface area contributed by atoms with Crippen molar-refractivity contribution in [3.8, 4) is 28.7 Å². The number of nitrogens with zero attached hydrogens (tertiary/aromatic N) is 3. The van der Waals surface area contributed by atoms with Crippen LogP contribution in [-0.2, 0) is 0 Å². The number of nitrogens with two attached hydrogens (primary N) is 1. The van der Waals surface area contributed by atoms with Gasteiger partial charge in [-0.25, -0.2) is 9.97 Å². The maximum atomic E-state index is 13.0. The fraction of sp³-hybridized carbons (Fsp3) is 0. The lowest BCUT2D eigenvalue weighted by atomic mass is 9.86. The quantitative estimate of drug-likeness (QED) is 0.463. The monoisotopic (exact) mass is 348 g/mol. The minimum absolute atomic E-state index is 0.116. The first-order valence-electron chi connectivity index (χ1n) is 8.43. The van der Waals surface area contributed by atoms with Crippen LogP contribution in [0, 0.1) is 11.3 Å². The molecule has 0 aliphatic heterocycles. The van der Waals surface area contributed by atoms with Gasteiger partial charge in [-0.3, -0.25) is 4.79 Å². The number of hydrogen-bond acceptors (Lipinski definition) is 5. The summed E-state index contributed by atoms with van der Waals surface area (Å²) in [6.45, 7) is 0. The fourth-order valence-corrected chi connectivity index (χ4v) is 3.60. The van der Waals surface area contributed by atoms with Gasteiger partial charge in [-0.05, 0) is 24.3 Å². The summed E-state index contributed by atoms with van der Waals surface area (Å²) in [5, 5.41) is 10.1. The van der Waals surface area contributed by atoms with Gasteiger partial charge in [0.1, 0.15) is 0 Å². The van der Waals surface area contributed by atoms with Gasteiger partial charge in [0.15, 0.2) is 11.6 Å². The lowest BCUT2D eigenvalue weighted by Gasteiger charge is -2.20. The van der Waals surface area contributed by atoms with Gasteiger partial charge in [-0.15, -0.1) is 0 Å². The zero-order valence-corrected chi connectivity index (χ0v) is 14.1. The molecule has 1 aliphatic carbocycles. The lowest BCUT2D eigenvalue weighted by Crippen LogP contribution is -2.14. The third-order valence-electron chi connectivity index (χ3n) is 4.84. The van der Waals surface area contributed by atoms with Crippen molar-refractivity contribution < 1.29 is 4.79 Å². The van der Waals surface area contributed by atoms with Crippen molar-refractivity contribution in [3.05, 3.63) is 77.4 Å². The van der Waals surface area contributed by atoms with E-state index < -0.39 is 0 Å². The first-order chi connectivity index (χ1) is 13.2. The van der Waals surface area contributed by atoms with Crippen LogP contribution >= 0.6 is 0 Å². The normalized spacial score (nSPS) is 11.9. The van der Waals surface area contributed by atoms with E-state index in [2.05, 4.69) is 11.1 Å². The van der Waals surface area contributed by atoms with Crippen LogP contribution in [0.5, 0.6) is 0 Å². The SMILES string of the molecule is N#Cc1ccccc1-c1nc2c3c(c(N)ccc3n1)C(=O)c1ccccc1-2. The molecule has 0 spiro atoms. The Kier molecular flexibility index (Phi) is 3.09. The summed E-state index contributed by atoms with van der Waals surface area (Å²) < 4.78 is 0. The van der Waals surface area contributed by atoms with Crippen molar-refractivity contribution in [2.24, 2.45) is 0 Å². The molecule has 1 aliphatic rings. The number of ketones is 1. The Bertz CT molecular complexity index is 1320. The molecule has 0 radical (unpaired) electrons. The Labute approximate surface area is 154 Å². The highest BCUT2D eigenvalue weighted by Gasteiger charge is 2.29. The minimum Gasteiger partial charge on any atom is -0.398 e. The molecule has 1 aromatic heterocycles. The number of nitrogen functional groups attached to an aromatic ring is 1. The Morgan fingerprint density at radius 2 is 1.56 bits per heavy atom. The van der Waals surface area contributed by atoms with Gasteiger partial charge >= 0.3 is 0 Å². The molecule has 2 N–H and O–H groups in total. The van der Waals surface area contributed by atoms with E-state index in [0.717, 1.165) is 5.56 Å². The second kappa shape index (κ2) is 5.48. The third kappa shape index (κ3) is 2.07. The molecule has 3 aromatic carbocycles. The van der Waals surface area contributed by atoms with Crippen LogP contribution in [0.4, 0.5) is 5.69 Å². The van der Waals surface area contributed by atoms with Crippen molar-refractivity contribution in [3.63, 3.8) is 0 Å². The molecule has 4 aromatic rings. The van der Waals surface area contributed by atoms with E-state index in [-0.39, 0.29) is 5.78 Å². The van der Waals surface area contributed by atoms with E-state index in [1.165, 1.54) is 0 Å². The summed E-state index contributed by atoms with van der Waals surface area (Å²) in [5.41, 5.74) is 10.8. The van der Waals surface area contributed by atoms with Crippen molar-refractivity contribution in [2.45, 2.75) is 0 Å². The topological polar surface area (TPSA) is 92.7 Å². The summed E-state index contributed by atoms with van der Waals surface area (Å²) in [4.78, 5) is 22.4. The maximum Gasteiger partial charge on any atom is 0.196 e. The molecule has 0 fully saturated rings. The number of fused-ring (bicyclic) bond motifs is 2. The van der Waals surface area contributed by atoms with Crippen molar-refractivity contribution in [2.75, 3.05) is 5.73 Å². The number of benzene rings is 3. The Hall–Kier alpha value is -4.04. The fourth-order valence-electron chi connectivity index (χ4n) is 3.60. The maximum absolute atomic E-state index is 13.0. The molecule has 0 amide bonds. The van der Waals surface area contributed by atoms with E-state index >= 15 is 0 Å². The number of aromatic nitrogens is 2. The molecule has 1 heterocycles. The molecule has 27 heavy (non-hydrogen) atoms. The number of rotatable bonds is 1. The summed E-state index contributed by atoms with van der Waals surface area (Å²) in [6, 6.07) is 20.2. The molecule has 0 unspecified atom stereocenters. The average molecular weight is 348 g/mol. The smallest absolute Gasteiger partial charge is 0.196 e. The van der Waals surface area contributed by atoms with Gasteiger partial charge in [0, 0.05) is 27.8 Å². The third-order valence-corrected chi connectivity index (χ3v) is 4.84. The van der Waals surface area contributed by atoms with Crippen LogP contribution in [0.2, 0.25) is 0 Å². The van der Waals surface area contributed by atoms with Crippen molar-refractivity contribution >= 4 is 22.4 Å². The molecular formula is C22H12N4O. The Morgan fingerprint density at radius 3 is 2.33 bits per heavy atom. The summed E-state index contributed by atoms with van der Waals surface area (Å²) in [7, 11) is 0. The zero-order valence-electron chi connectivity index (χ0n) is 14.1. The second-order valence-electron chi connectivity index (χ2n) is 6.35. The van der Waals surface area contributed by atoms with Crippen LogP contribution in [0.3, 0.4) is 0 Å². The van der Waals surface area contributed by atoms with Crippen molar-refractivity contribution in [1.82, 2.24) is 9.97 Å². The van der Waals surface area contributed by atoms with Gasteiger partial charge in [0.25, 0.3) is 0 Å².